The summed E-state index contributed by atoms with van der Waals surface area (Å²) in [5.74, 6) is 2.46. The van der Waals surface area contributed by atoms with Crippen molar-refractivity contribution in [3.05, 3.63) is 45.3 Å². The molecule has 1 aromatic heterocycles. The number of hydrogen-bond donors (Lipinski definition) is 0. The molecule has 0 radical (unpaired) electrons. The Balaban J connectivity index is 1.70. The summed E-state index contributed by atoms with van der Waals surface area (Å²) in [4.78, 5) is 0. The van der Waals surface area contributed by atoms with Crippen LogP contribution in [0.3, 0.4) is 0 Å². The molecule has 0 aliphatic rings. The maximum absolute atomic E-state index is 6.05. The molecule has 3 rings (SSSR count). The average molecular weight is 580 g/mol. The van der Waals surface area contributed by atoms with Crippen molar-refractivity contribution in [3.8, 4) is 34.4 Å². The largest absolute Gasteiger partial charge is 0.494 e. The van der Waals surface area contributed by atoms with Crippen molar-refractivity contribution in [2.45, 2.75) is 65.2 Å². The van der Waals surface area contributed by atoms with Gasteiger partial charge in [-0.15, -0.1) is 10.2 Å². The predicted octanol–water partition coefficient (Wildman–Crippen LogP) is 8.85. The van der Waals surface area contributed by atoms with Gasteiger partial charge >= 0.3 is 0 Å². The maximum Gasteiger partial charge on any atom is 0.249 e. The van der Waals surface area contributed by atoms with Crippen molar-refractivity contribution in [1.82, 2.24) is 10.2 Å². The molecule has 0 bridgehead atoms. The molecule has 0 unspecified atom stereocenters. The van der Waals surface area contributed by atoms with Gasteiger partial charge in [-0.05, 0) is 81.1 Å². The van der Waals surface area contributed by atoms with Gasteiger partial charge in [0.15, 0.2) is 0 Å². The van der Waals surface area contributed by atoms with Crippen LogP contribution in [0.5, 0.6) is 11.5 Å². The molecule has 1 heterocycles. The van der Waals surface area contributed by atoms with Crippen molar-refractivity contribution in [3.63, 3.8) is 0 Å². The molecular formula is C26H32Br2N2O3. The molecule has 0 N–H and O–H groups in total. The topological polar surface area (TPSA) is 57.4 Å². The third-order valence-corrected chi connectivity index (χ3v) is 6.68. The minimum Gasteiger partial charge on any atom is -0.494 e. The third-order valence-electron chi connectivity index (χ3n) is 5.29. The van der Waals surface area contributed by atoms with E-state index in [1.807, 2.05) is 36.4 Å². The Morgan fingerprint density at radius 1 is 0.667 bits per heavy atom. The zero-order valence-electron chi connectivity index (χ0n) is 19.4. The Morgan fingerprint density at radius 2 is 1.12 bits per heavy atom. The van der Waals surface area contributed by atoms with Crippen LogP contribution in [0.2, 0.25) is 0 Å². The van der Waals surface area contributed by atoms with Gasteiger partial charge in [0.25, 0.3) is 0 Å². The van der Waals surface area contributed by atoms with Gasteiger partial charge in [0.05, 0.1) is 24.3 Å². The van der Waals surface area contributed by atoms with Crippen molar-refractivity contribution in [2.24, 2.45) is 0 Å². The second-order valence-corrected chi connectivity index (χ2v) is 9.72. The summed E-state index contributed by atoms with van der Waals surface area (Å²) in [7, 11) is 0. The summed E-state index contributed by atoms with van der Waals surface area (Å²) >= 11 is 7.19. The Labute approximate surface area is 213 Å². The van der Waals surface area contributed by atoms with Crippen LogP contribution in [0.4, 0.5) is 0 Å². The van der Waals surface area contributed by atoms with Crippen molar-refractivity contribution >= 4 is 31.9 Å². The molecule has 0 saturated heterocycles. The average Bonchev–Trinajstić information content (AvgIpc) is 3.30. The lowest BCUT2D eigenvalue weighted by Gasteiger charge is -2.08. The number of aromatic nitrogens is 2. The van der Waals surface area contributed by atoms with E-state index >= 15 is 0 Å². The van der Waals surface area contributed by atoms with E-state index in [9.17, 15) is 0 Å². The summed E-state index contributed by atoms with van der Waals surface area (Å²) in [6.07, 6.45) is 9.37. The molecular weight excluding hydrogens is 548 g/mol. The first kappa shape index (κ1) is 25.8. The van der Waals surface area contributed by atoms with E-state index in [2.05, 4.69) is 55.9 Å². The van der Waals surface area contributed by atoms with Crippen LogP contribution in [-0.2, 0) is 0 Å². The highest BCUT2D eigenvalue weighted by atomic mass is 79.9. The monoisotopic (exact) mass is 578 g/mol. The molecule has 2 aromatic carbocycles. The summed E-state index contributed by atoms with van der Waals surface area (Å²) in [5.41, 5.74) is 1.61. The van der Waals surface area contributed by atoms with Crippen molar-refractivity contribution < 1.29 is 13.9 Å². The Bertz CT molecular complexity index is 929. The first-order valence-corrected chi connectivity index (χ1v) is 13.4. The van der Waals surface area contributed by atoms with Gasteiger partial charge in [-0.2, -0.15) is 0 Å². The second kappa shape index (κ2) is 13.8. The van der Waals surface area contributed by atoms with Gasteiger partial charge in [-0.25, -0.2) is 0 Å². The fraction of sp³-hybridized carbons (Fsp3) is 0.462. The van der Waals surface area contributed by atoms with Gasteiger partial charge in [-0.3, -0.25) is 0 Å². The standard InChI is InChI=1S/C26H32Br2N2O3/c1-3-5-7-9-15-31-19-11-13-23(27)21(17-19)25-29-30-26(33-25)22-18-20(12-14-24(22)28)32-16-10-8-6-4-2/h11-14,17-18H,3-10,15-16H2,1-2H3. The lowest BCUT2D eigenvalue weighted by molar-refractivity contribution is 0.305. The van der Waals surface area contributed by atoms with Crippen LogP contribution in [0, 0.1) is 0 Å². The lowest BCUT2D eigenvalue weighted by Crippen LogP contribution is -1.97. The third kappa shape index (κ3) is 7.85. The zero-order valence-corrected chi connectivity index (χ0v) is 22.6. The van der Waals surface area contributed by atoms with Crippen LogP contribution in [0.1, 0.15) is 65.2 Å². The van der Waals surface area contributed by atoms with Crippen LogP contribution in [-0.4, -0.2) is 23.4 Å². The summed E-state index contributed by atoms with van der Waals surface area (Å²) < 4.78 is 19.6. The van der Waals surface area contributed by atoms with E-state index in [1.54, 1.807) is 0 Å². The van der Waals surface area contributed by atoms with Crippen LogP contribution < -0.4 is 9.47 Å². The molecule has 0 spiro atoms. The SMILES string of the molecule is CCCCCCOc1ccc(Br)c(-c2nnc(-c3cc(OCCCCCC)ccc3Br)o2)c1. The van der Waals surface area contributed by atoms with Crippen molar-refractivity contribution in [2.75, 3.05) is 13.2 Å². The fourth-order valence-corrected chi connectivity index (χ4v) is 4.23. The summed E-state index contributed by atoms with van der Waals surface area (Å²) in [5, 5.41) is 8.58. The van der Waals surface area contributed by atoms with E-state index in [0.29, 0.717) is 25.0 Å². The molecule has 3 aromatic rings. The normalized spacial score (nSPS) is 11.0. The molecule has 7 heteroatoms. The molecule has 0 amide bonds. The Kier molecular flexibility index (Phi) is 10.7. The molecule has 178 valence electrons. The van der Waals surface area contributed by atoms with E-state index in [4.69, 9.17) is 13.9 Å². The number of unbranched alkanes of at least 4 members (excludes halogenated alkanes) is 6. The number of nitrogens with zero attached hydrogens (tertiary/aromatic N) is 2. The van der Waals surface area contributed by atoms with Crippen LogP contribution in [0.25, 0.3) is 22.9 Å². The molecule has 5 nitrogen and oxygen atoms in total. The molecule has 0 atom stereocenters. The minimum absolute atomic E-state index is 0.436. The number of ether oxygens (including phenoxy) is 2. The molecule has 0 aliphatic heterocycles. The van der Waals surface area contributed by atoms with E-state index in [0.717, 1.165) is 44.4 Å². The quantitative estimate of drug-likeness (QED) is 0.178. The molecule has 0 saturated carbocycles. The zero-order chi connectivity index (χ0) is 23.5. The first-order valence-electron chi connectivity index (χ1n) is 11.8. The van der Waals surface area contributed by atoms with Gasteiger partial charge in [0.1, 0.15) is 11.5 Å². The minimum atomic E-state index is 0.436. The number of hydrogen-bond acceptors (Lipinski definition) is 5. The fourth-order valence-electron chi connectivity index (χ4n) is 3.39. The summed E-state index contributed by atoms with van der Waals surface area (Å²) in [6.45, 7) is 5.82. The highest BCUT2D eigenvalue weighted by Crippen LogP contribution is 2.35. The molecule has 33 heavy (non-hydrogen) atoms. The summed E-state index contributed by atoms with van der Waals surface area (Å²) in [6, 6.07) is 11.7. The van der Waals surface area contributed by atoms with E-state index in [-0.39, 0.29) is 0 Å². The maximum atomic E-state index is 6.05. The highest BCUT2D eigenvalue weighted by molar-refractivity contribution is 9.11. The molecule has 0 aliphatic carbocycles. The van der Waals surface area contributed by atoms with Gasteiger partial charge in [0, 0.05) is 8.95 Å². The van der Waals surface area contributed by atoms with Crippen LogP contribution >= 0.6 is 31.9 Å². The van der Waals surface area contributed by atoms with E-state index < -0.39 is 0 Å². The van der Waals surface area contributed by atoms with Crippen LogP contribution in [0.15, 0.2) is 49.8 Å². The Hall–Kier alpha value is -1.86. The van der Waals surface area contributed by atoms with E-state index in [1.165, 1.54) is 38.5 Å². The first-order chi connectivity index (χ1) is 16.1. The Morgan fingerprint density at radius 3 is 1.55 bits per heavy atom. The number of rotatable bonds is 14. The van der Waals surface area contributed by atoms with Gasteiger partial charge in [-0.1, -0.05) is 52.4 Å². The van der Waals surface area contributed by atoms with Gasteiger partial charge < -0.3 is 13.9 Å². The highest BCUT2D eigenvalue weighted by Gasteiger charge is 2.17. The van der Waals surface area contributed by atoms with Crippen molar-refractivity contribution in [1.29, 1.82) is 0 Å². The predicted molar refractivity (Wildman–Crippen MR) is 140 cm³/mol. The molecule has 0 fully saturated rings. The van der Waals surface area contributed by atoms with Gasteiger partial charge in [0.2, 0.25) is 11.8 Å². The smallest absolute Gasteiger partial charge is 0.249 e. The second-order valence-electron chi connectivity index (χ2n) is 8.01. The lowest BCUT2D eigenvalue weighted by atomic mass is 10.2. The number of benzene rings is 2. The number of halogens is 2.